The Bertz CT molecular complexity index is 545. The van der Waals surface area contributed by atoms with E-state index in [2.05, 4.69) is 22.1 Å². The van der Waals surface area contributed by atoms with Crippen molar-refractivity contribution < 1.29 is 9.53 Å². The summed E-state index contributed by atoms with van der Waals surface area (Å²) in [6.07, 6.45) is 6.60. The van der Waals surface area contributed by atoms with E-state index < -0.39 is 0 Å². The van der Waals surface area contributed by atoms with Crippen LogP contribution in [0.4, 0.5) is 0 Å². The molecule has 2 rings (SSSR count). The molecule has 5 nitrogen and oxygen atoms in total. The molecule has 1 amide bonds. The van der Waals surface area contributed by atoms with Crippen LogP contribution >= 0.6 is 0 Å². The highest BCUT2D eigenvalue weighted by Crippen LogP contribution is 2.27. The monoisotopic (exact) mass is 319 g/mol. The highest BCUT2D eigenvalue weighted by molar-refractivity contribution is 5.72. The maximum atomic E-state index is 11.1. The van der Waals surface area contributed by atoms with Crippen LogP contribution in [-0.4, -0.2) is 42.0 Å². The summed E-state index contributed by atoms with van der Waals surface area (Å²) >= 11 is 0. The molecular weight excluding hydrogens is 290 g/mol. The Labute approximate surface area is 139 Å². The van der Waals surface area contributed by atoms with Crippen LogP contribution in [0.3, 0.4) is 0 Å². The summed E-state index contributed by atoms with van der Waals surface area (Å²) in [6, 6.07) is 0.518. The molecule has 23 heavy (non-hydrogen) atoms. The van der Waals surface area contributed by atoms with Crippen molar-refractivity contribution in [3.8, 4) is 5.75 Å². The van der Waals surface area contributed by atoms with Crippen LogP contribution in [0.2, 0.25) is 0 Å². The predicted molar refractivity (Wildman–Crippen MR) is 91.6 cm³/mol. The van der Waals surface area contributed by atoms with Gasteiger partial charge in [0.05, 0.1) is 12.8 Å². The fourth-order valence-electron chi connectivity index (χ4n) is 3.43. The molecule has 0 radical (unpaired) electrons. The quantitative estimate of drug-likeness (QED) is 0.875. The molecule has 2 heterocycles. The maximum absolute atomic E-state index is 11.1. The molecule has 0 saturated carbocycles. The number of hydrogen-bond acceptors (Lipinski definition) is 4. The highest BCUT2D eigenvalue weighted by atomic mass is 16.5. The first-order valence-corrected chi connectivity index (χ1v) is 8.50. The Morgan fingerprint density at radius 3 is 2.91 bits per heavy atom. The topological polar surface area (TPSA) is 54.5 Å². The number of ether oxygens (including phenoxy) is 1. The van der Waals surface area contributed by atoms with E-state index in [1.54, 1.807) is 14.0 Å². The molecule has 1 fully saturated rings. The van der Waals surface area contributed by atoms with Gasteiger partial charge in [0.25, 0.3) is 0 Å². The van der Waals surface area contributed by atoms with Crippen molar-refractivity contribution in [2.24, 2.45) is 0 Å². The number of carbonyl (C=O) groups excluding carboxylic acids is 1. The summed E-state index contributed by atoms with van der Waals surface area (Å²) in [5.74, 6) is 0.995. The van der Waals surface area contributed by atoms with E-state index in [4.69, 9.17) is 4.74 Å². The molecule has 1 atom stereocenters. The molecule has 1 aromatic rings. The maximum Gasteiger partial charge on any atom is 0.216 e. The Kier molecular flexibility index (Phi) is 6.39. The molecule has 1 aromatic heterocycles. The van der Waals surface area contributed by atoms with Gasteiger partial charge in [0.15, 0.2) is 0 Å². The van der Waals surface area contributed by atoms with Gasteiger partial charge in [-0.2, -0.15) is 0 Å². The number of amides is 1. The number of aryl methyl sites for hydroxylation is 1. The largest absolute Gasteiger partial charge is 0.496 e. The number of rotatable bonds is 6. The molecule has 0 spiro atoms. The first-order valence-electron chi connectivity index (χ1n) is 8.50. The summed E-state index contributed by atoms with van der Waals surface area (Å²) in [6.45, 7) is 8.39. The lowest BCUT2D eigenvalue weighted by atomic mass is 9.98. The number of nitrogens with zero attached hydrogens (tertiary/aromatic N) is 2. The minimum atomic E-state index is 0.0492. The lowest BCUT2D eigenvalue weighted by molar-refractivity contribution is -0.119. The van der Waals surface area contributed by atoms with Gasteiger partial charge < -0.3 is 10.1 Å². The molecule has 0 unspecified atom stereocenters. The molecule has 128 valence electrons. The Hall–Kier alpha value is -1.62. The number of piperidine rings is 1. The number of carbonyl (C=O) groups is 1. The van der Waals surface area contributed by atoms with Gasteiger partial charge in [0.1, 0.15) is 5.75 Å². The molecular formula is C18H29N3O2. The third kappa shape index (κ3) is 4.67. The molecule has 5 heteroatoms. The van der Waals surface area contributed by atoms with Crippen LogP contribution in [0.25, 0.3) is 0 Å². The smallest absolute Gasteiger partial charge is 0.216 e. The van der Waals surface area contributed by atoms with Crippen molar-refractivity contribution in [3.05, 3.63) is 23.0 Å². The summed E-state index contributed by atoms with van der Waals surface area (Å²) in [7, 11) is 1.72. The van der Waals surface area contributed by atoms with Crippen molar-refractivity contribution in [1.29, 1.82) is 0 Å². The van der Waals surface area contributed by atoms with Crippen LogP contribution in [0.1, 0.15) is 49.4 Å². The van der Waals surface area contributed by atoms with Gasteiger partial charge in [-0.25, -0.2) is 0 Å². The molecule has 1 saturated heterocycles. The summed E-state index contributed by atoms with van der Waals surface area (Å²) in [4.78, 5) is 18.2. The normalized spacial score (nSPS) is 18.7. The van der Waals surface area contributed by atoms with E-state index in [-0.39, 0.29) is 5.91 Å². The van der Waals surface area contributed by atoms with Gasteiger partial charge >= 0.3 is 0 Å². The van der Waals surface area contributed by atoms with E-state index in [9.17, 15) is 4.79 Å². The Balaban J connectivity index is 2.05. The minimum Gasteiger partial charge on any atom is -0.496 e. The number of aromatic nitrogens is 1. The lowest BCUT2D eigenvalue weighted by Gasteiger charge is -2.36. The van der Waals surface area contributed by atoms with Gasteiger partial charge in [-0.15, -0.1) is 0 Å². The first-order chi connectivity index (χ1) is 11.0. The second-order valence-corrected chi connectivity index (χ2v) is 6.44. The van der Waals surface area contributed by atoms with Crippen LogP contribution < -0.4 is 10.1 Å². The highest BCUT2D eigenvalue weighted by Gasteiger charge is 2.23. The van der Waals surface area contributed by atoms with E-state index >= 15 is 0 Å². The summed E-state index contributed by atoms with van der Waals surface area (Å²) in [5, 5.41) is 2.91. The Morgan fingerprint density at radius 2 is 2.22 bits per heavy atom. The molecule has 0 aliphatic carbocycles. The first kappa shape index (κ1) is 17.7. The van der Waals surface area contributed by atoms with Crippen LogP contribution in [-0.2, 0) is 11.3 Å². The zero-order valence-corrected chi connectivity index (χ0v) is 14.8. The van der Waals surface area contributed by atoms with Gasteiger partial charge in [0, 0.05) is 43.4 Å². The zero-order valence-electron chi connectivity index (χ0n) is 14.8. The standard InChI is InChI=1S/C18H29N3O2/c1-13-11-20-17(14(2)18(13)23-4)12-21-10-6-5-7-16(21)8-9-19-15(3)22/h11,16H,5-10,12H2,1-4H3,(H,19,22)/t16-/m0/s1. The SMILES string of the molecule is COc1c(C)cnc(CN2CCCC[C@H]2CCNC(C)=O)c1C. The Morgan fingerprint density at radius 1 is 1.43 bits per heavy atom. The van der Waals surface area contributed by atoms with Crippen molar-refractivity contribution >= 4 is 5.91 Å². The van der Waals surface area contributed by atoms with Crippen molar-refractivity contribution in [1.82, 2.24) is 15.2 Å². The van der Waals surface area contributed by atoms with E-state index in [0.29, 0.717) is 6.04 Å². The molecule has 0 bridgehead atoms. The van der Waals surface area contributed by atoms with Crippen LogP contribution in [0, 0.1) is 13.8 Å². The third-order valence-corrected chi connectivity index (χ3v) is 4.70. The van der Waals surface area contributed by atoms with E-state index in [1.807, 2.05) is 13.1 Å². The fourth-order valence-corrected chi connectivity index (χ4v) is 3.43. The summed E-state index contributed by atoms with van der Waals surface area (Å²) < 4.78 is 5.52. The van der Waals surface area contributed by atoms with Gasteiger partial charge in [0.2, 0.25) is 5.91 Å². The molecule has 0 aromatic carbocycles. The number of pyridine rings is 1. The van der Waals surface area contributed by atoms with Crippen molar-refractivity contribution in [2.75, 3.05) is 20.2 Å². The van der Waals surface area contributed by atoms with Crippen molar-refractivity contribution in [3.63, 3.8) is 0 Å². The molecule has 1 aliphatic rings. The fraction of sp³-hybridized carbons (Fsp3) is 0.667. The van der Waals surface area contributed by atoms with E-state index in [0.717, 1.165) is 48.6 Å². The number of methoxy groups -OCH3 is 1. The summed E-state index contributed by atoms with van der Waals surface area (Å²) in [5.41, 5.74) is 3.31. The van der Waals surface area contributed by atoms with Crippen LogP contribution in [0.15, 0.2) is 6.20 Å². The van der Waals surface area contributed by atoms with Crippen LogP contribution in [0.5, 0.6) is 5.75 Å². The second kappa shape index (κ2) is 8.29. The molecule has 1 N–H and O–H groups in total. The van der Waals surface area contributed by atoms with Crippen molar-refractivity contribution in [2.45, 2.75) is 59.0 Å². The average Bonchev–Trinajstić information content (AvgIpc) is 2.52. The van der Waals surface area contributed by atoms with E-state index in [1.165, 1.54) is 19.3 Å². The van der Waals surface area contributed by atoms with Gasteiger partial charge in [-0.3, -0.25) is 14.7 Å². The number of hydrogen-bond donors (Lipinski definition) is 1. The minimum absolute atomic E-state index is 0.0492. The predicted octanol–water partition coefficient (Wildman–Crippen LogP) is 2.59. The zero-order chi connectivity index (χ0) is 16.8. The van der Waals surface area contributed by atoms with Gasteiger partial charge in [-0.1, -0.05) is 6.42 Å². The van der Waals surface area contributed by atoms with Gasteiger partial charge in [-0.05, 0) is 39.7 Å². The molecule has 1 aliphatic heterocycles. The number of nitrogens with one attached hydrogen (secondary N) is 1. The lowest BCUT2D eigenvalue weighted by Crippen LogP contribution is -2.41. The number of likely N-dealkylation sites (tertiary alicyclic amines) is 1. The average molecular weight is 319 g/mol. The second-order valence-electron chi connectivity index (χ2n) is 6.44. The third-order valence-electron chi connectivity index (χ3n) is 4.70.